The van der Waals surface area contributed by atoms with Gasteiger partial charge in [0.25, 0.3) is 0 Å². The van der Waals surface area contributed by atoms with Crippen LogP contribution < -0.4 is 14.2 Å². The van der Waals surface area contributed by atoms with Crippen LogP contribution in [0.5, 0.6) is 17.2 Å². The van der Waals surface area contributed by atoms with Crippen molar-refractivity contribution in [3.8, 4) is 22.9 Å². The standard InChI is InChI=1S/C29H28F5N3O6/c1-15(17-7-10-22-24(11-17)43-29(33,34)42-22)40-20-12-18(13-35-14-20)37-25-21(26(36-37)28(30,31)32)3-2-4-23(25)41-19-8-5-16(6-9-19)27(38)39/h7,10-16,19,23H,2-6,8-9H2,1H3,(H,38,39)/t15-,16?,19?,23-/m0/s1. The van der Waals surface area contributed by atoms with Gasteiger partial charge in [-0.05, 0) is 69.6 Å². The second-order valence-electron chi connectivity index (χ2n) is 11.0. The Bertz CT molecular complexity index is 1520. The summed E-state index contributed by atoms with van der Waals surface area (Å²) in [5.41, 5.74) is 0.101. The molecule has 0 unspecified atom stereocenters. The molecule has 2 atom stereocenters. The van der Waals surface area contributed by atoms with Gasteiger partial charge in [-0.3, -0.25) is 9.78 Å². The number of alkyl halides is 5. The van der Waals surface area contributed by atoms with Crippen LogP contribution in [0.15, 0.2) is 36.7 Å². The molecule has 2 aromatic heterocycles. The monoisotopic (exact) mass is 609 g/mol. The van der Waals surface area contributed by atoms with Crippen LogP contribution in [-0.2, 0) is 22.1 Å². The van der Waals surface area contributed by atoms with E-state index in [1.165, 1.54) is 41.3 Å². The molecule has 0 saturated heterocycles. The summed E-state index contributed by atoms with van der Waals surface area (Å²) < 4.78 is 91.6. The van der Waals surface area contributed by atoms with E-state index in [4.69, 9.17) is 9.47 Å². The van der Waals surface area contributed by atoms with E-state index < -0.39 is 42.3 Å². The number of aromatic nitrogens is 3. The molecule has 1 N–H and O–H groups in total. The van der Waals surface area contributed by atoms with Gasteiger partial charge in [0, 0.05) is 11.6 Å². The van der Waals surface area contributed by atoms with Crippen LogP contribution in [0.4, 0.5) is 22.0 Å². The first kappa shape index (κ1) is 29.1. The van der Waals surface area contributed by atoms with Crippen LogP contribution in [0.1, 0.15) is 80.2 Å². The van der Waals surface area contributed by atoms with Crippen molar-refractivity contribution in [2.24, 2.45) is 5.92 Å². The van der Waals surface area contributed by atoms with Gasteiger partial charge in [0.2, 0.25) is 0 Å². The third-order valence-electron chi connectivity index (χ3n) is 8.02. The Morgan fingerprint density at radius 2 is 1.84 bits per heavy atom. The third kappa shape index (κ3) is 5.97. The maximum absolute atomic E-state index is 14.1. The lowest BCUT2D eigenvalue weighted by atomic mass is 9.87. The maximum Gasteiger partial charge on any atom is 0.586 e. The molecule has 2 aliphatic carbocycles. The number of hydrogen-bond acceptors (Lipinski definition) is 7. The second kappa shape index (κ2) is 11.0. The van der Waals surface area contributed by atoms with E-state index >= 15 is 0 Å². The van der Waals surface area contributed by atoms with Crippen molar-refractivity contribution in [1.82, 2.24) is 14.8 Å². The van der Waals surface area contributed by atoms with Crippen LogP contribution in [0.25, 0.3) is 5.69 Å². The molecule has 0 amide bonds. The predicted molar refractivity (Wildman–Crippen MR) is 138 cm³/mol. The fourth-order valence-corrected chi connectivity index (χ4v) is 5.96. The number of carbonyl (C=O) groups is 1. The molecular formula is C29H28F5N3O6. The summed E-state index contributed by atoms with van der Waals surface area (Å²) in [6.45, 7) is 1.67. The number of ether oxygens (including phenoxy) is 4. The molecular weight excluding hydrogens is 581 g/mol. The summed E-state index contributed by atoms with van der Waals surface area (Å²) in [6, 6.07) is 5.74. The van der Waals surface area contributed by atoms with Crippen molar-refractivity contribution in [3.63, 3.8) is 0 Å². The summed E-state index contributed by atoms with van der Waals surface area (Å²) in [5, 5.41) is 13.3. The molecule has 14 heteroatoms. The van der Waals surface area contributed by atoms with Crippen LogP contribution in [0, 0.1) is 5.92 Å². The van der Waals surface area contributed by atoms with E-state index in [0.717, 1.165) is 0 Å². The Morgan fingerprint density at radius 1 is 1.09 bits per heavy atom. The highest BCUT2D eigenvalue weighted by molar-refractivity contribution is 5.70. The fraction of sp³-hybridized carbons (Fsp3) is 0.483. The number of aliphatic carboxylic acids is 1. The average molecular weight is 610 g/mol. The fourth-order valence-electron chi connectivity index (χ4n) is 5.96. The van der Waals surface area contributed by atoms with Gasteiger partial charge in [-0.2, -0.15) is 18.3 Å². The average Bonchev–Trinajstić information content (AvgIpc) is 3.50. The molecule has 43 heavy (non-hydrogen) atoms. The first-order valence-corrected chi connectivity index (χ1v) is 14.0. The number of hydrogen-bond donors (Lipinski definition) is 1. The number of carboxylic acid groups (broad SMARTS) is 1. The van der Waals surface area contributed by atoms with Gasteiger partial charge in [-0.15, -0.1) is 8.78 Å². The normalized spacial score (nSPS) is 23.4. The minimum atomic E-state index is -4.69. The van der Waals surface area contributed by atoms with Crippen molar-refractivity contribution >= 4 is 5.97 Å². The maximum atomic E-state index is 14.1. The second-order valence-corrected chi connectivity index (χ2v) is 11.0. The Balaban J connectivity index is 1.27. The number of rotatable bonds is 7. The topological polar surface area (TPSA) is 105 Å². The van der Waals surface area contributed by atoms with Crippen molar-refractivity contribution in [3.05, 3.63) is 59.2 Å². The number of pyridine rings is 1. The molecule has 9 nitrogen and oxygen atoms in total. The highest BCUT2D eigenvalue weighted by Crippen LogP contribution is 2.44. The molecule has 230 valence electrons. The SMILES string of the molecule is C[C@H](Oc1cncc(-n2nc(C(F)(F)F)c3c2[C@@H](OC2CCC(C(=O)O)CC2)CCC3)c1)c1ccc2c(c1)OC(F)(F)O2. The molecule has 3 aliphatic rings. The number of nitrogens with zero attached hydrogens (tertiary/aromatic N) is 3. The Morgan fingerprint density at radius 3 is 2.56 bits per heavy atom. The minimum absolute atomic E-state index is 0.0693. The van der Waals surface area contributed by atoms with Crippen LogP contribution >= 0.6 is 0 Å². The zero-order chi connectivity index (χ0) is 30.5. The zero-order valence-electron chi connectivity index (χ0n) is 22.9. The molecule has 0 radical (unpaired) electrons. The molecule has 1 aliphatic heterocycles. The largest absolute Gasteiger partial charge is 0.586 e. The number of benzene rings is 1. The van der Waals surface area contributed by atoms with Crippen LogP contribution in [0.3, 0.4) is 0 Å². The lowest BCUT2D eigenvalue weighted by Gasteiger charge is -2.32. The molecule has 1 saturated carbocycles. The molecule has 0 spiro atoms. The van der Waals surface area contributed by atoms with E-state index in [0.29, 0.717) is 49.8 Å². The van der Waals surface area contributed by atoms with Crippen molar-refractivity contribution in [1.29, 1.82) is 0 Å². The number of fused-ring (bicyclic) bond motifs is 2. The van der Waals surface area contributed by atoms with E-state index in [-0.39, 0.29) is 41.0 Å². The number of halogens is 5. The van der Waals surface area contributed by atoms with Gasteiger partial charge < -0.3 is 24.1 Å². The summed E-state index contributed by atoms with van der Waals surface area (Å²) >= 11 is 0. The van der Waals surface area contributed by atoms with E-state index in [1.54, 1.807) is 6.92 Å². The highest BCUT2D eigenvalue weighted by atomic mass is 19.4. The molecule has 3 heterocycles. The molecule has 1 aromatic carbocycles. The summed E-state index contributed by atoms with van der Waals surface area (Å²) in [5.74, 6) is -1.34. The molecule has 6 rings (SSSR count). The van der Waals surface area contributed by atoms with Gasteiger partial charge in [0.15, 0.2) is 17.2 Å². The van der Waals surface area contributed by atoms with E-state index in [9.17, 15) is 31.9 Å². The predicted octanol–water partition coefficient (Wildman–Crippen LogP) is 6.79. The Hall–Kier alpha value is -3.94. The van der Waals surface area contributed by atoms with Crippen LogP contribution in [-0.4, -0.2) is 38.2 Å². The Kier molecular flexibility index (Phi) is 7.43. The highest BCUT2D eigenvalue weighted by Gasteiger charge is 2.44. The number of carboxylic acids is 1. The molecule has 0 bridgehead atoms. The van der Waals surface area contributed by atoms with Crippen molar-refractivity contribution in [2.45, 2.75) is 82.7 Å². The lowest BCUT2D eigenvalue weighted by molar-refractivity contribution is -0.286. The van der Waals surface area contributed by atoms with E-state index in [2.05, 4.69) is 19.6 Å². The van der Waals surface area contributed by atoms with Crippen molar-refractivity contribution in [2.75, 3.05) is 0 Å². The first-order valence-electron chi connectivity index (χ1n) is 14.0. The first-order chi connectivity index (χ1) is 20.4. The molecule has 1 fully saturated rings. The summed E-state index contributed by atoms with van der Waals surface area (Å²) in [4.78, 5) is 15.5. The minimum Gasteiger partial charge on any atom is -0.484 e. The van der Waals surface area contributed by atoms with Crippen LogP contribution in [0.2, 0.25) is 0 Å². The summed E-state index contributed by atoms with van der Waals surface area (Å²) in [6.07, 6.45) is -4.28. The van der Waals surface area contributed by atoms with Gasteiger partial charge in [-0.25, -0.2) is 4.68 Å². The van der Waals surface area contributed by atoms with Gasteiger partial charge >= 0.3 is 18.4 Å². The molecule has 3 aromatic rings. The van der Waals surface area contributed by atoms with Gasteiger partial charge in [0.1, 0.15) is 18.0 Å². The van der Waals surface area contributed by atoms with Gasteiger partial charge in [0.05, 0.1) is 35.8 Å². The quantitative estimate of drug-likeness (QED) is 0.292. The zero-order valence-corrected chi connectivity index (χ0v) is 22.9. The third-order valence-corrected chi connectivity index (χ3v) is 8.02. The van der Waals surface area contributed by atoms with E-state index in [1.807, 2.05) is 0 Å². The Labute approximate surface area is 242 Å². The van der Waals surface area contributed by atoms with Crippen molar-refractivity contribution < 1.29 is 50.8 Å². The lowest BCUT2D eigenvalue weighted by Crippen LogP contribution is -2.29. The van der Waals surface area contributed by atoms with Gasteiger partial charge in [-0.1, -0.05) is 6.07 Å². The summed E-state index contributed by atoms with van der Waals surface area (Å²) in [7, 11) is 0. The smallest absolute Gasteiger partial charge is 0.484 e.